The summed E-state index contributed by atoms with van der Waals surface area (Å²) in [6.07, 6.45) is 0. The van der Waals surface area contributed by atoms with Crippen LogP contribution in [0.5, 0.6) is 0 Å². The second-order valence-corrected chi connectivity index (χ2v) is 9.53. The van der Waals surface area contributed by atoms with Gasteiger partial charge < -0.3 is 4.90 Å². The number of rotatable bonds is 7. The van der Waals surface area contributed by atoms with Crippen LogP contribution < -0.4 is 4.90 Å². The molecular weight excluding hydrogens is 462 g/mol. The van der Waals surface area contributed by atoms with Crippen LogP contribution in [0.15, 0.2) is 77.7 Å². The molecule has 0 saturated heterocycles. The minimum Gasteiger partial charge on any atom is -0.314 e. The third-order valence-electron chi connectivity index (χ3n) is 4.64. The summed E-state index contributed by atoms with van der Waals surface area (Å²) in [7, 11) is -2.51. The van der Waals surface area contributed by atoms with Crippen LogP contribution in [0.4, 0.5) is 10.1 Å². The van der Waals surface area contributed by atoms with Crippen LogP contribution in [-0.2, 0) is 21.4 Å². The lowest BCUT2D eigenvalue weighted by Crippen LogP contribution is -2.41. The monoisotopic (exact) mass is 480 g/mol. The van der Waals surface area contributed by atoms with Gasteiger partial charge in [-0.2, -0.15) is 4.31 Å². The van der Waals surface area contributed by atoms with Gasteiger partial charge in [-0.25, -0.2) is 12.8 Å². The summed E-state index contributed by atoms with van der Waals surface area (Å²) < 4.78 is 40.8. The molecule has 31 heavy (non-hydrogen) atoms. The molecule has 0 aliphatic heterocycles. The average Bonchev–Trinajstić information content (AvgIpc) is 2.75. The molecule has 0 aliphatic carbocycles. The molecule has 0 aromatic heterocycles. The minimum absolute atomic E-state index is 0.0531. The van der Waals surface area contributed by atoms with E-state index >= 15 is 0 Å². The van der Waals surface area contributed by atoms with E-state index < -0.39 is 28.3 Å². The van der Waals surface area contributed by atoms with Gasteiger partial charge in [0.1, 0.15) is 5.82 Å². The summed E-state index contributed by atoms with van der Waals surface area (Å²) >= 11 is 12.2. The van der Waals surface area contributed by atoms with Crippen LogP contribution in [-0.4, -0.2) is 32.2 Å². The zero-order valence-corrected chi connectivity index (χ0v) is 18.8. The van der Waals surface area contributed by atoms with Gasteiger partial charge in [-0.3, -0.25) is 4.79 Å². The first-order valence-corrected chi connectivity index (χ1v) is 11.4. The Balaban J connectivity index is 1.93. The van der Waals surface area contributed by atoms with E-state index in [1.54, 1.807) is 30.3 Å². The third-order valence-corrected chi connectivity index (χ3v) is 7.04. The highest BCUT2D eigenvalue weighted by Gasteiger charge is 2.28. The van der Waals surface area contributed by atoms with E-state index in [4.69, 9.17) is 23.2 Å². The molecular formula is C22H19Cl2FN2O3S. The molecule has 3 rings (SSSR count). The van der Waals surface area contributed by atoms with Crippen LogP contribution in [0.1, 0.15) is 5.56 Å². The smallest absolute Gasteiger partial charge is 0.243 e. The lowest BCUT2D eigenvalue weighted by Gasteiger charge is -2.25. The quantitative estimate of drug-likeness (QED) is 0.478. The molecule has 0 aliphatic rings. The van der Waals surface area contributed by atoms with E-state index in [0.29, 0.717) is 21.3 Å². The molecule has 0 heterocycles. The number of carbonyl (C=O) groups excluding carboxylic acids is 1. The molecule has 0 atom stereocenters. The van der Waals surface area contributed by atoms with Crippen molar-refractivity contribution < 1.29 is 17.6 Å². The van der Waals surface area contributed by atoms with Crippen LogP contribution >= 0.6 is 23.2 Å². The van der Waals surface area contributed by atoms with E-state index in [1.165, 1.54) is 54.4 Å². The lowest BCUT2D eigenvalue weighted by atomic mass is 10.2. The summed E-state index contributed by atoms with van der Waals surface area (Å²) in [5.74, 6) is -0.925. The Labute approximate surface area is 190 Å². The summed E-state index contributed by atoms with van der Waals surface area (Å²) in [5, 5.41) is 0.707. The van der Waals surface area contributed by atoms with Crippen molar-refractivity contribution in [2.45, 2.75) is 11.4 Å². The highest BCUT2D eigenvalue weighted by atomic mass is 35.5. The Morgan fingerprint density at radius 3 is 2.23 bits per heavy atom. The molecule has 5 nitrogen and oxygen atoms in total. The molecule has 3 aromatic rings. The first-order chi connectivity index (χ1) is 14.7. The van der Waals surface area contributed by atoms with Gasteiger partial charge in [0.05, 0.1) is 11.4 Å². The van der Waals surface area contributed by atoms with Gasteiger partial charge in [0.15, 0.2) is 0 Å². The molecule has 0 fully saturated rings. The number of anilines is 1. The summed E-state index contributed by atoms with van der Waals surface area (Å²) in [4.78, 5) is 14.2. The third kappa shape index (κ3) is 5.62. The number of carbonyl (C=O) groups is 1. The van der Waals surface area contributed by atoms with Crippen molar-refractivity contribution in [3.8, 4) is 0 Å². The molecule has 0 N–H and O–H groups in total. The first-order valence-electron chi connectivity index (χ1n) is 9.20. The molecule has 3 aromatic carbocycles. The van der Waals surface area contributed by atoms with E-state index in [1.807, 2.05) is 0 Å². The SMILES string of the molecule is CN(C(=O)CN(Cc1ccc(Cl)cc1Cl)S(=O)(=O)c1ccccc1)c1ccc(F)cc1. The van der Waals surface area contributed by atoms with Gasteiger partial charge in [-0.15, -0.1) is 0 Å². The molecule has 0 bridgehead atoms. The lowest BCUT2D eigenvalue weighted by molar-refractivity contribution is -0.118. The number of likely N-dealkylation sites (N-methyl/N-ethyl adjacent to an activating group) is 1. The van der Waals surface area contributed by atoms with E-state index in [2.05, 4.69) is 0 Å². The number of sulfonamides is 1. The molecule has 0 unspecified atom stereocenters. The number of benzene rings is 3. The molecule has 162 valence electrons. The Bertz CT molecular complexity index is 1170. The van der Waals surface area contributed by atoms with E-state index in [9.17, 15) is 17.6 Å². The van der Waals surface area contributed by atoms with Crippen LogP contribution in [0.25, 0.3) is 0 Å². The normalized spacial score (nSPS) is 11.5. The van der Waals surface area contributed by atoms with E-state index in [-0.39, 0.29) is 11.4 Å². The standard InChI is InChI=1S/C22H19Cl2FN2O3S/c1-26(19-11-9-18(25)10-12-19)22(28)15-27(14-16-7-8-17(23)13-21(16)24)31(29,30)20-5-3-2-4-6-20/h2-13H,14-15H2,1H3. The summed E-state index contributed by atoms with van der Waals surface area (Å²) in [6.45, 7) is -0.569. The number of nitrogens with zero attached hydrogens (tertiary/aromatic N) is 2. The van der Waals surface area contributed by atoms with Crippen molar-refractivity contribution in [1.82, 2.24) is 4.31 Å². The van der Waals surface area contributed by atoms with Gasteiger partial charge >= 0.3 is 0 Å². The van der Waals surface area contributed by atoms with Crippen molar-refractivity contribution >= 4 is 44.8 Å². The van der Waals surface area contributed by atoms with Crippen LogP contribution in [0.2, 0.25) is 10.0 Å². The maximum atomic E-state index is 13.3. The molecule has 0 radical (unpaired) electrons. The van der Waals surface area contributed by atoms with Crippen molar-refractivity contribution in [2.24, 2.45) is 0 Å². The molecule has 1 amide bonds. The largest absolute Gasteiger partial charge is 0.314 e. The van der Waals surface area contributed by atoms with E-state index in [0.717, 1.165) is 4.31 Å². The first kappa shape index (κ1) is 23.2. The highest BCUT2D eigenvalue weighted by molar-refractivity contribution is 7.89. The fourth-order valence-electron chi connectivity index (χ4n) is 2.87. The number of halogens is 3. The van der Waals surface area contributed by atoms with Gasteiger partial charge in [0.25, 0.3) is 0 Å². The summed E-state index contributed by atoms with van der Waals surface area (Å²) in [6, 6.07) is 17.9. The number of amides is 1. The molecule has 9 heteroatoms. The minimum atomic E-state index is -4.01. The fraction of sp³-hybridized carbons (Fsp3) is 0.136. The predicted molar refractivity (Wildman–Crippen MR) is 120 cm³/mol. The number of hydrogen-bond donors (Lipinski definition) is 0. The van der Waals surface area contributed by atoms with Gasteiger partial charge in [-0.05, 0) is 54.1 Å². The van der Waals surface area contributed by atoms with Gasteiger partial charge in [0, 0.05) is 29.3 Å². The van der Waals surface area contributed by atoms with Crippen molar-refractivity contribution in [2.75, 3.05) is 18.5 Å². The predicted octanol–water partition coefficient (Wildman–Crippen LogP) is 4.99. The Kier molecular flexibility index (Phi) is 7.33. The zero-order chi connectivity index (χ0) is 22.6. The van der Waals surface area contributed by atoms with Crippen molar-refractivity contribution in [1.29, 1.82) is 0 Å². The maximum Gasteiger partial charge on any atom is 0.243 e. The fourth-order valence-corrected chi connectivity index (χ4v) is 4.73. The molecule has 0 spiro atoms. The number of hydrogen-bond acceptors (Lipinski definition) is 3. The topological polar surface area (TPSA) is 57.7 Å². The second kappa shape index (κ2) is 9.78. The summed E-state index contributed by atoms with van der Waals surface area (Å²) in [5.41, 5.74) is 0.941. The Morgan fingerprint density at radius 2 is 1.61 bits per heavy atom. The Morgan fingerprint density at radius 1 is 0.968 bits per heavy atom. The molecule has 0 saturated carbocycles. The maximum absolute atomic E-state index is 13.3. The van der Waals surface area contributed by atoms with Crippen LogP contribution in [0, 0.1) is 5.82 Å². The van der Waals surface area contributed by atoms with Crippen molar-refractivity contribution in [3.05, 3.63) is 94.2 Å². The van der Waals surface area contributed by atoms with Crippen LogP contribution in [0.3, 0.4) is 0 Å². The average molecular weight is 481 g/mol. The second-order valence-electron chi connectivity index (χ2n) is 6.75. The van der Waals surface area contributed by atoms with Gasteiger partial charge in [0.2, 0.25) is 15.9 Å². The Hall–Kier alpha value is -2.45. The van der Waals surface area contributed by atoms with Crippen molar-refractivity contribution in [3.63, 3.8) is 0 Å². The van der Waals surface area contributed by atoms with Gasteiger partial charge in [-0.1, -0.05) is 47.5 Å². The zero-order valence-electron chi connectivity index (χ0n) is 16.5. The highest BCUT2D eigenvalue weighted by Crippen LogP contribution is 2.25.